The van der Waals surface area contributed by atoms with E-state index in [2.05, 4.69) is 55.2 Å². The molecule has 2 amide bonds. The molecule has 0 aromatic carbocycles. The predicted octanol–water partition coefficient (Wildman–Crippen LogP) is 4.11. The molecule has 18 atom stereocenters. The number of nitrogens with zero attached hydrogens (tertiary/aromatic N) is 4. The number of aliphatic hydroxyl groups is 4. The van der Waals surface area contributed by atoms with Gasteiger partial charge in [-0.2, -0.15) is 4.31 Å². The number of anilines is 1. The minimum atomic E-state index is -5.63. The maximum Gasteiger partial charge on any atom is 0.481 e. The van der Waals surface area contributed by atoms with E-state index in [9.17, 15) is 78.0 Å². The number of nitrogens with two attached hydrogens (primary N) is 1. The van der Waals surface area contributed by atoms with E-state index in [0.717, 1.165) is 73.9 Å². The van der Waals surface area contributed by atoms with Gasteiger partial charge in [-0.15, -0.1) is 11.8 Å². The number of hydrogen-bond donors (Lipinski definition) is 12. The number of nitrogen functional groups attached to an aromatic ring is 1. The number of amides is 2. The number of aliphatic carboxylic acids is 1. The van der Waals surface area contributed by atoms with Crippen molar-refractivity contribution in [1.82, 2.24) is 30.2 Å². The Morgan fingerprint density at radius 1 is 0.952 bits per heavy atom. The lowest BCUT2D eigenvalue weighted by Gasteiger charge is -2.58. The summed E-state index contributed by atoms with van der Waals surface area (Å²) in [5.74, 6) is -2.09. The molecule has 2 aromatic heterocycles. The van der Waals surface area contributed by atoms with Gasteiger partial charge in [-0.1, -0.05) is 47.1 Å². The fourth-order valence-electron chi connectivity index (χ4n) is 13.9. The monoisotopic (exact) mass is 1250 g/mol. The number of ether oxygens (including phenoxy) is 1. The number of rotatable bonds is 28. The van der Waals surface area contributed by atoms with Gasteiger partial charge >= 0.3 is 29.4 Å². The maximum atomic E-state index is 12.9. The van der Waals surface area contributed by atoms with E-state index in [1.54, 1.807) is 6.92 Å². The lowest BCUT2D eigenvalue weighted by Crippen LogP contribution is -2.51. The zero-order valence-electron chi connectivity index (χ0n) is 47.6. The zero-order valence-corrected chi connectivity index (χ0v) is 51.1. The van der Waals surface area contributed by atoms with Crippen molar-refractivity contribution in [2.75, 3.05) is 37.8 Å². The lowest BCUT2D eigenvalue weighted by atomic mass is 9.46. The number of ketones is 1. The third kappa shape index (κ3) is 15.2. The van der Waals surface area contributed by atoms with Crippen LogP contribution in [0.25, 0.3) is 11.2 Å². The molecule has 83 heavy (non-hydrogen) atoms. The van der Waals surface area contributed by atoms with E-state index in [1.807, 2.05) is 6.08 Å². The van der Waals surface area contributed by atoms with Crippen molar-refractivity contribution in [2.45, 2.75) is 161 Å². The topological polar surface area (TPSA) is 441 Å². The second-order valence-corrected chi connectivity index (χ2v) is 29.8. The van der Waals surface area contributed by atoms with Crippen molar-refractivity contribution >= 4 is 75.8 Å². The van der Waals surface area contributed by atoms with E-state index in [1.165, 1.54) is 26.3 Å². The van der Waals surface area contributed by atoms with E-state index in [0.29, 0.717) is 36.5 Å². The molecule has 3 saturated carbocycles. The number of imidazole rings is 1. The number of thioether (sulfide) groups is 1. The summed E-state index contributed by atoms with van der Waals surface area (Å²) in [7, 11) is -16.6. The number of carboxylic acid groups (broad SMARTS) is 1. The highest BCUT2D eigenvalue weighted by Gasteiger charge is 2.60. The van der Waals surface area contributed by atoms with Gasteiger partial charge in [-0.3, -0.25) is 37.3 Å². The van der Waals surface area contributed by atoms with Crippen LogP contribution in [-0.4, -0.2) is 156 Å². The van der Waals surface area contributed by atoms with Crippen LogP contribution in [0, 0.1) is 57.7 Å². The number of allylic oxidation sites excluding steroid dienone is 1. The van der Waals surface area contributed by atoms with Crippen LogP contribution in [0.15, 0.2) is 24.3 Å². The summed E-state index contributed by atoms with van der Waals surface area (Å²) < 4.78 is 62.9. The molecule has 0 radical (unpaired) electrons. The molecule has 468 valence electrons. The first-order valence-electron chi connectivity index (χ1n) is 27.9. The largest absolute Gasteiger partial charge is 0.481 e. The van der Waals surface area contributed by atoms with Crippen molar-refractivity contribution in [3.63, 3.8) is 0 Å². The summed E-state index contributed by atoms with van der Waals surface area (Å²) in [5, 5.41) is 60.6. The molecule has 0 spiro atoms. The highest BCUT2D eigenvalue weighted by Crippen LogP contribution is 2.68. The van der Waals surface area contributed by atoms with Gasteiger partial charge in [0.25, 0.3) is 0 Å². The third-order valence-electron chi connectivity index (χ3n) is 18.8. The van der Waals surface area contributed by atoms with Crippen LogP contribution in [0.4, 0.5) is 5.82 Å². The molecular weight excluding hydrogens is 1170 g/mol. The third-order valence-corrected chi connectivity index (χ3v) is 23.1. The number of aromatic nitrogens is 4. The summed E-state index contributed by atoms with van der Waals surface area (Å²) in [4.78, 5) is 102. The molecule has 5 aliphatic rings. The zero-order chi connectivity index (χ0) is 61.4. The van der Waals surface area contributed by atoms with Crippen LogP contribution >= 0.6 is 35.2 Å². The Kier molecular flexibility index (Phi) is 21.2. The van der Waals surface area contributed by atoms with E-state index < -0.39 is 113 Å². The van der Waals surface area contributed by atoms with Gasteiger partial charge in [0.1, 0.15) is 41.7 Å². The number of carboxylic acids is 1. The number of phosphoric acid groups is 3. The van der Waals surface area contributed by atoms with Gasteiger partial charge in [0.15, 0.2) is 23.5 Å². The minimum absolute atomic E-state index is 0.0163. The first-order valence-corrected chi connectivity index (χ1v) is 33.5. The predicted molar refractivity (Wildman–Crippen MR) is 298 cm³/mol. The SMILES string of the molecule is CC(C(=O)O)C(O)(CC[C@@H](C)[C@H]1CC[C@H]2[C@@H]3CCC4=CC(=O)CC[C@]4(C)[C@H]3CC[C@]12C)C(C)C(O)SCCNC(=O)CCNC(=O)[C@H](O)C(C)(C)COP(=O)(O)OP(=O)(O)OC[C@H]1O[C@@H](n2cnc3c(N)ncnc32)[C@H](O)[C@@H]1OP(=O)(O)O. The normalized spacial score (nSPS) is 31.4. The molecule has 0 bridgehead atoms. The second-order valence-electron chi connectivity index (χ2n) is 24.4. The van der Waals surface area contributed by atoms with Crippen LogP contribution in [-0.2, 0) is 55.5 Å². The Morgan fingerprint density at radius 2 is 1.65 bits per heavy atom. The average Bonchev–Trinajstić information content (AvgIpc) is 1.92. The van der Waals surface area contributed by atoms with Gasteiger partial charge in [0.2, 0.25) is 11.8 Å². The average molecular weight is 1250 g/mol. The van der Waals surface area contributed by atoms with E-state index in [4.69, 9.17) is 19.5 Å². The number of hydrogen-bond acceptors (Lipinski definition) is 21. The van der Waals surface area contributed by atoms with E-state index >= 15 is 0 Å². The molecule has 7 rings (SSSR count). The molecule has 6 unspecified atom stereocenters. The first-order chi connectivity index (χ1) is 38.5. The quantitative estimate of drug-likeness (QED) is 0.0324. The van der Waals surface area contributed by atoms with Gasteiger partial charge in [0, 0.05) is 43.0 Å². The van der Waals surface area contributed by atoms with Crippen molar-refractivity contribution in [1.29, 1.82) is 0 Å². The summed E-state index contributed by atoms with van der Waals surface area (Å²) in [5.41, 5.74) is 2.79. The Balaban J connectivity index is 0.816. The van der Waals surface area contributed by atoms with Gasteiger partial charge in [0.05, 0.1) is 31.1 Å². The van der Waals surface area contributed by atoms with Crippen molar-refractivity contribution in [2.24, 2.45) is 57.7 Å². The van der Waals surface area contributed by atoms with Crippen LogP contribution < -0.4 is 16.4 Å². The minimum Gasteiger partial charge on any atom is -0.481 e. The smallest absolute Gasteiger partial charge is 0.481 e. The number of aliphatic hydroxyl groups excluding tert-OH is 3. The maximum absolute atomic E-state index is 12.9. The van der Waals surface area contributed by atoms with Gasteiger partial charge in [-0.25, -0.2) is 28.6 Å². The Hall–Kier alpha value is -3.31. The first kappa shape index (κ1) is 67.2. The number of phosphoric ester groups is 3. The number of carbonyl (C=O) groups is 4. The number of fused-ring (bicyclic) bond motifs is 6. The summed E-state index contributed by atoms with van der Waals surface area (Å²) in [6.07, 6.45) is 3.51. The molecule has 28 nitrogen and oxygen atoms in total. The van der Waals surface area contributed by atoms with Crippen LogP contribution in [0.5, 0.6) is 0 Å². The molecule has 4 aliphatic carbocycles. The standard InChI is InChI=1S/C51H82N7O21P3S/c1-27(33-10-11-34-32-9-8-30-22-31(59)13-16-49(30,6)35(32)14-17-50(33,34)7)12-18-51(67,28(2)46(64)65)29(3)47(66)83-21-20-53-37(60)15-19-54-44(63)41(62)48(4,5)24-76-82(73,74)79-81(71,72)75-23-36-40(78-80(68,69)70)39(61)45(77-36)58-26-57-38-42(52)55-25-56-43(38)58/h22,25-29,32-36,39-41,45,47,61-62,66-67H,8-21,23-24H2,1-7H3,(H,53,60)(H,54,63)(H,64,65)(H,71,72)(H,73,74)(H2,52,55,56)(H2,68,69,70)/t27-,28?,29?,32+,33-,34+,35+,36-,39-,40-,41+,45-,47?,49+,50-,51?/m1/s1. The van der Waals surface area contributed by atoms with Crippen LogP contribution in [0.1, 0.15) is 125 Å². The molecule has 13 N–H and O–H groups in total. The van der Waals surface area contributed by atoms with Crippen molar-refractivity contribution in [3.05, 3.63) is 24.3 Å². The summed E-state index contributed by atoms with van der Waals surface area (Å²) >= 11 is 1.05. The van der Waals surface area contributed by atoms with Crippen LogP contribution in [0.2, 0.25) is 0 Å². The molecular formula is C51H82N7O21P3S. The fraction of sp³-hybridized carbons (Fsp3) is 0.784. The summed E-state index contributed by atoms with van der Waals surface area (Å²) in [6, 6.07) is 0. The highest BCUT2D eigenvalue weighted by atomic mass is 32.2. The lowest BCUT2D eigenvalue weighted by molar-refractivity contribution is -0.159. The Labute approximate surface area is 485 Å². The highest BCUT2D eigenvalue weighted by molar-refractivity contribution is 7.99. The second kappa shape index (κ2) is 26.2. The van der Waals surface area contributed by atoms with Crippen LogP contribution in [0.3, 0.4) is 0 Å². The molecule has 2 aromatic rings. The number of carbonyl (C=O) groups excluding carboxylic acids is 3. The van der Waals surface area contributed by atoms with Gasteiger partial charge in [-0.05, 0) is 111 Å². The Morgan fingerprint density at radius 3 is 2.34 bits per heavy atom. The van der Waals surface area contributed by atoms with E-state index in [-0.39, 0.29) is 71.2 Å². The molecule has 4 fully saturated rings. The molecule has 3 heterocycles. The summed E-state index contributed by atoms with van der Waals surface area (Å²) in [6.45, 7) is 10.3. The van der Waals surface area contributed by atoms with Crippen molar-refractivity contribution in [3.8, 4) is 0 Å². The van der Waals surface area contributed by atoms with Gasteiger partial charge < -0.3 is 66.2 Å². The Bertz CT molecular complexity index is 2880. The molecule has 1 aliphatic heterocycles. The number of nitrogens with one attached hydrogen (secondary N) is 2. The van der Waals surface area contributed by atoms with Crippen molar-refractivity contribution < 1.29 is 101 Å². The fourth-order valence-corrected chi connectivity index (χ4v) is 17.8. The molecule has 32 heteroatoms. The molecule has 1 saturated heterocycles.